The highest BCUT2D eigenvalue weighted by Crippen LogP contribution is 2.31. The summed E-state index contributed by atoms with van der Waals surface area (Å²) in [5, 5.41) is 20.1. The molecule has 10 heteroatoms. The molecule has 174 valence electrons. The van der Waals surface area contributed by atoms with Crippen LogP contribution in [0.25, 0.3) is 0 Å². The van der Waals surface area contributed by atoms with Gasteiger partial charge in [-0.3, -0.25) is 19.8 Å². The first kappa shape index (κ1) is 23.5. The van der Waals surface area contributed by atoms with Crippen LogP contribution in [0.15, 0.2) is 18.2 Å². The van der Waals surface area contributed by atoms with Gasteiger partial charge in [0.1, 0.15) is 17.6 Å². The number of aromatic hydroxyl groups is 1. The third-order valence-corrected chi connectivity index (χ3v) is 6.17. The van der Waals surface area contributed by atoms with Gasteiger partial charge in [0.2, 0.25) is 5.91 Å². The molecule has 32 heavy (non-hydrogen) atoms. The van der Waals surface area contributed by atoms with Crippen LogP contribution in [0.2, 0.25) is 0 Å². The molecule has 1 aromatic rings. The molecule has 2 fully saturated rings. The third kappa shape index (κ3) is 5.37. The van der Waals surface area contributed by atoms with E-state index < -0.39 is 18.1 Å². The second-order valence-corrected chi connectivity index (χ2v) is 8.33. The number of nitrogen functional groups attached to an aromatic ring is 1. The lowest BCUT2D eigenvalue weighted by atomic mass is 9.84. The van der Waals surface area contributed by atoms with E-state index >= 15 is 0 Å². The summed E-state index contributed by atoms with van der Waals surface area (Å²) in [6.45, 7) is 0.279. The van der Waals surface area contributed by atoms with E-state index in [0.29, 0.717) is 18.5 Å². The first-order valence-corrected chi connectivity index (χ1v) is 11.0. The second-order valence-electron chi connectivity index (χ2n) is 8.33. The maximum Gasteiger partial charge on any atom is 0.320 e. The van der Waals surface area contributed by atoms with Gasteiger partial charge >= 0.3 is 5.97 Å². The number of amides is 2. The molecule has 1 saturated carbocycles. The molecule has 10 nitrogen and oxygen atoms in total. The Morgan fingerprint density at radius 3 is 2.50 bits per heavy atom. The summed E-state index contributed by atoms with van der Waals surface area (Å²) in [7, 11) is 0. The Morgan fingerprint density at radius 2 is 1.94 bits per heavy atom. The minimum atomic E-state index is -0.905. The van der Waals surface area contributed by atoms with E-state index in [0.717, 1.165) is 32.1 Å². The summed E-state index contributed by atoms with van der Waals surface area (Å²) in [4.78, 5) is 39.2. The van der Waals surface area contributed by atoms with Crippen molar-refractivity contribution in [2.75, 3.05) is 13.1 Å². The predicted molar refractivity (Wildman–Crippen MR) is 117 cm³/mol. The zero-order valence-corrected chi connectivity index (χ0v) is 18.0. The van der Waals surface area contributed by atoms with Crippen molar-refractivity contribution >= 4 is 23.6 Å². The van der Waals surface area contributed by atoms with E-state index in [1.807, 2.05) is 0 Å². The molecule has 1 heterocycles. The molecule has 0 unspecified atom stereocenters. The highest BCUT2D eigenvalue weighted by atomic mass is 16.5. The van der Waals surface area contributed by atoms with Crippen LogP contribution in [-0.4, -0.2) is 58.9 Å². The molecular formula is C22H31N5O5. The number of nitrogens with one attached hydrogen (secondary N) is 2. The Bertz CT molecular complexity index is 883. The van der Waals surface area contributed by atoms with Crippen LogP contribution in [0.5, 0.6) is 5.75 Å². The zero-order valence-electron chi connectivity index (χ0n) is 18.0. The molecule has 0 radical (unpaired) electrons. The van der Waals surface area contributed by atoms with Gasteiger partial charge in [-0.25, -0.2) is 0 Å². The van der Waals surface area contributed by atoms with Gasteiger partial charge in [0.05, 0.1) is 12.1 Å². The van der Waals surface area contributed by atoms with Crippen molar-refractivity contribution in [2.24, 2.45) is 17.4 Å². The van der Waals surface area contributed by atoms with Gasteiger partial charge in [0.15, 0.2) is 6.10 Å². The summed E-state index contributed by atoms with van der Waals surface area (Å²) in [6, 6.07) is 3.98. The molecule has 2 atom stereocenters. The Labute approximate surface area is 186 Å². The molecule has 1 aliphatic heterocycles. The van der Waals surface area contributed by atoms with Crippen molar-refractivity contribution in [1.82, 2.24) is 10.2 Å². The number of benzene rings is 1. The number of carbonyl (C=O) groups excluding carboxylic acids is 3. The average Bonchev–Trinajstić information content (AvgIpc) is 2.75. The lowest BCUT2D eigenvalue weighted by Gasteiger charge is -2.42. The number of hydrogen-bond acceptors (Lipinski definition) is 7. The van der Waals surface area contributed by atoms with Crippen LogP contribution in [0.4, 0.5) is 0 Å². The Kier molecular flexibility index (Phi) is 7.68. The van der Waals surface area contributed by atoms with Crippen LogP contribution < -0.4 is 16.8 Å². The number of likely N-dealkylation sites (tertiary alicyclic amines) is 1. The monoisotopic (exact) mass is 445 g/mol. The lowest BCUT2D eigenvalue weighted by molar-refractivity contribution is -0.169. The number of nitrogens with two attached hydrogens (primary N) is 2. The standard InChI is InChI=1S/C22H31N5O5/c23-11-18(29)32-19(14-4-2-1-3-5-14)22(31)27-9-8-16(27)21(30)26-12-13-6-7-15(20(24)25)17(28)10-13/h6-7,10,14,16,19,28H,1-5,8-9,11-12,23H2,(H3,24,25)(H,26,30)/t16-,19+/m0/s1. The van der Waals surface area contributed by atoms with Crippen LogP contribution >= 0.6 is 0 Å². The predicted octanol–water partition coefficient (Wildman–Crippen LogP) is 0.344. The lowest BCUT2D eigenvalue weighted by Crippen LogP contribution is -2.61. The molecule has 0 bridgehead atoms. The van der Waals surface area contributed by atoms with E-state index in [1.54, 1.807) is 6.07 Å². The number of esters is 1. The van der Waals surface area contributed by atoms with E-state index in [-0.39, 0.29) is 48.0 Å². The topological polar surface area (TPSA) is 172 Å². The molecular weight excluding hydrogens is 414 g/mol. The first-order chi connectivity index (χ1) is 15.3. The number of carbonyl (C=O) groups is 3. The van der Waals surface area contributed by atoms with Crippen molar-refractivity contribution in [3.05, 3.63) is 29.3 Å². The minimum absolute atomic E-state index is 0.0566. The maximum atomic E-state index is 13.2. The normalized spacial score (nSPS) is 19.5. The molecule has 0 spiro atoms. The summed E-state index contributed by atoms with van der Waals surface area (Å²) in [5.74, 6) is -1.71. The van der Waals surface area contributed by atoms with Gasteiger partial charge in [0, 0.05) is 19.0 Å². The van der Waals surface area contributed by atoms with E-state index in [2.05, 4.69) is 5.32 Å². The second kappa shape index (κ2) is 10.4. The number of phenolic OH excluding ortho intramolecular Hbond substituents is 1. The van der Waals surface area contributed by atoms with Crippen molar-refractivity contribution < 1.29 is 24.2 Å². The fourth-order valence-electron chi connectivity index (χ4n) is 4.28. The van der Waals surface area contributed by atoms with Crippen molar-refractivity contribution in [2.45, 2.75) is 57.2 Å². The van der Waals surface area contributed by atoms with Crippen LogP contribution in [0.3, 0.4) is 0 Å². The molecule has 1 aromatic carbocycles. The van der Waals surface area contributed by atoms with Crippen LogP contribution in [0.1, 0.15) is 49.7 Å². The molecule has 3 rings (SSSR count). The highest BCUT2D eigenvalue weighted by Gasteiger charge is 2.43. The SMILES string of the molecule is N=C(N)c1ccc(CNC(=O)[C@@H]2CCN2C(=O)[C@H](OC(=O)CN)C2CCCCC2)cc1O. The number of nitrogens with zero attached hydrogens (tertiary/aromatic N) is 1. The highest BCUT2D eigenvalue weighted by molar-refractivity contribution is 5.97. The minimum Gasteiger partial charge on any atom is -0.507 e. The molecule has 2 amide bonds. The quantitative estimate of drug-likeness (QED) is 0.218. The number of rotatable bonds is 8. The average molecular weight is 446 g/mol. The van der Waals surface area contributed by atoms with Gasteiger partial charge in [-0.1, -0.05) is 25.3 Å². The number of hydrogen-bond donors (Lipinski definition) is 5. The summed E-state index contributed by atoms with van der Waals surface area (Å²) < 4.78 is 5.42. The van der Waals surface area contributed by atoms with E-state index in [4.69, 9.17) is 21.6 Å². The Hall–Kier alpha value is -3.14. The van der Waals surface area contributed by atoms with E-state index in [9.17, 15) is 19.5 Å². The number of amidine groups is 1. The first-order valence-electron chi connectivity index (χ1n) is 11.0. The Balaban J connectivity index is 1.61. The summed E-state index contributed by atoms with van der Waals surface area (Å²) in [6.07, 6.45) is 4.28. The summed E-state index contributed by atoms with van der Waals surface area (Å²) in [5.41, 5.74) is 11.6. The van der Waals surface area contributed by atoms with Gasteiger partial charge in [-0.2, -0.15) is 0 Å². The van der Waals surface area contributed by atoms with Crippen molar-refractivity contribution in [3.8, 4) is 5.75 Å². The largest absolute Gasteiger partial charge is 0.507 e. The number of phenols is 1. The maximum absolute atomic E-state index is 13.2. The van der Waals surface area contributed by atoms with Gasteiger partial charge in [-0.05, 0) is 37.0 Å². The molecule has 7 N–H and O–H groups in total. The molecule has 0 aromatic heterocycles. The van der Waals surface area contributed by atoms with E-state index in [1.165, 1.54) is 17.0 Å². The Morgan fingerprint density at radius 1 is 1.22 bits per heavy atom. The zero-order chi connectivity index (χ0) is 23.3. The molecule has 2 aliphatic rings. The van der Waals surface area contributed by atoms with Crippen LogP contribution in [0, 0.1) is 11.3 Å². The van der Waals surface area contributed by atoms with Crippen LogP contribution in [-0.2, 0) is 25.7 Å². The smallest absolute Gasteiger partial charge is 0.320 e. The summed E-state index contributed by atoms with van der Waals surface area (Å²) >= 11 is 0. The fourth-order valence-corrected chi connectivity index (χ4v) is 4.28. The van der Waals surface area contributed by atoms with Crippen molar-refractivity contribution in [1.29, 1.82) is 5.41 Å². The van der Waals surface area contributed by atoms with Gasteiger partial charge < -0.3 is 31.5 Å². The van der Waals surface area contributed by atoms with Crippen molar-refractivity contribution in [3.63, 3.8) is 0 Å². The molecule has 1 aliphatic carbocycles. The molecule has 1 saturated heterocycles. The van der Waals surface area contributed by atoms with Gasteiger partial charge in [0.25, 0.3) is 5.91 Å². The van der Waals surface area contributed by atoms with Gasteiger partial charge in [-0.15, -0.1) is 0 Å². The number of ether oxygens (including phenoxy) is 1. The third-order valence-electron chi connectivity index (χ3n) is 6.17. The fraction of sp³-hybridized carbons (Fsp3) is 0.545.